The summed E-state index contributed by atoms with van der Waals surface area (Å²) < 4.78 is 1.56. The molecule has 1 N–H and O–H groups in total. The van der Waals surface area contributed by atoms with Crippen LogP contribution in [0.2, 0.25) is 0 Å². The highest BCUT2D eigenvalue weighted by Gasteiger charge is 1.99. The predicted molar refractivity (Wildman–Crippen MR) is 40.4 cm³/mol. The van der Waals surface area contributed by atoms with Crippen LogP contribution in [-0.4, -0.2) is 16.3 Å². The lowest BCUT2D eigenvalue weighted by Crippen LogP contribution is -2.16. The number of aliphatic hydroxyl groups is 1. The van der Waals surface area contributed by atoms with Gasteiger partial charge in [0.05, 0.1) is 6.61 Å². The number of hydrogen-bond acceptors (Lipinski definition) is 3. The fourth-order valence-corrected chi connectivity index (χ4v) is 1.54. The summed E-state index contributed by atoms with van der Waals surface area (Å²) in [4.78, 5) is 10.9. The zero-order chi connectivity index (χ0) is 7.56. The fourth-order valence-electron chi connectivity index (χ4n) is 0.775. The molecule has 0 fully saturated rings. The second-order valence-corrected chi connectivity index (χ2v) is 2.84. The number of aromatic nitrogens is 1. The highest BCUT2D eigenvalue weighted by molar-refractivity contribution is 7.07. The molecule has 0 unspecified atom stereocenters. The van der Waals surface area contributed by atoms with Crippen LogP contribution in [0.25, 0.3) is 0 Å². The average Bonchev–Trinajstić information content (AvgIpc) is 2.20. The summed E-state index contributed by atoms with van der Waals surface area (Å²) in [5.74, 6) is 0. The van der Waals surface area contributed by atoms with Gasteiger partial charge in [0, 0.05) is 17.6 Å². The Balaban J connectivity index is 2.99. The molecule has 0 radical (unpaired) electrons. The first-order valence-electron chi connectivity index (χ1n) is 3.01. The molecule has 0 aliphatic rings. The molecule has 56 valence electrons. The quantitative estimate of drug-likeness (QED) is 0.670. The van der Waals surface area contributed by atoms with Crippen molar-refractivity contribution in [2.24, 2.45) is 0 Å². The maximum absolute atomic E-state index is 10.9. The molecule has 0 aliphatic heterocycles. The van der Waals surface area contributed by atoms with Crippen LogP contribution in [-0.2, 0) is 6.54 Å². The van der Waals surface area contributed by atoms with Crippen LogP contribution < -0.4 is 4.87 Å². The summed E-state index contributed by atoms with van der Waals surface area (Å²) in [6.45, 7) is 2.29. The molecule has 1 aromatic rings. The van der Waals surface area contributed by atoms with Crippen molar-refractivity contribution in [2.45, 2.75) is 13.5 Å². The van der Waals surface area contributed by atoms with Crippen molar-refractivity contribution in [2.75, 3.05) is 6.61 Å². The van der Waals surface area contributed by atoms with Crippen molar-refractivity contribution < 1.29 is 5.11 Å². The summed E-state index contributed by atoms with van der Waals surface area (Å²) in [6, 6.07) is 0. The normalized spacial score (nSPS) is 10.2. The van der Waals surface area contributed by atoms with Crippen LogP contribution in [0.4, 0.5) is 0 Å². The van der Waals surface area contributed by atoms with Gasteiger partial charge in [-0.15, -0.1) is 0 Å². The van der Waals surface area contributed by atoms with Crippen LogP contribution in [0.5, 0.6) is 0 Å². The van der Waals surface area contributed by atoms with Crippen molar-refractivity contribution in [1.29, 1.82) is 0 Å². The lowest BCUT2D eigenvalue weighted by molar-refractivity contribution is 0.274. The second-order valence-electron chi connectivity index (χ2n) is 2.02. The van der Waals surface area contributed by atoms with E-state index in [0.29, 0.717) is 6.54 Å². The van der Waals surface area contributed by atoms with Crippen LogP contribution in [0.1, 0.15) is 5.69 Å². The minimum absolute atomic E-state index is 0.00606. The zero-order valence-corrected chi connectivity index (χ0v) is 6.52. The topological polar surface area (TPSA) is 42.2 Å². The van der Waals surface area contributed by atoms with Crippen molar-refractivity contribution in [3.63, 3.8) is 0 Å². The third-order valence-electron chi connectivity index (χ3n) is 1.30. The Morgan fingerprint density at radius 1 is 1.80 bits per heavy atom. The molecule has 1 aromatic heterocycles. The van der Waals surface area contributed by atoms with Gasteiger partial charge in [-0.1, -0.05) is 11.3 Å². The SMILES string of the molecule is Cc1csc(=O)n1CCO. The van der Waals surface area contributed by atoms with Gasteiger partial charge in [-0.2, -0.15) is 0 Å². The van der Waals surface area contributed by atoms with Crippen LogP contribution >= 0.6 is 11.3 Å². The first-order valence-corrected chi connectivity index (χ1v) is 3.89. The van der Waals surface area contributed by atoms with Gasteiger partial charge in [0.1, 0.15) is 0 Å². The predicted octanol–water partition coefficient (Wildman–Crippen LogP) is 0.211. The number of aryl methyl sites for hydroxylation is 1. The first-order chi connectivity index (χ1) is 4.75. The summed E-state index contributed by atoms with van der Waals surface area (Å²) in [6.07, 6.45) is 0. The van der Waals surface area contributed by atoms with Gasteiger partial charge < -0.3 is 9.67 Å². The molecule has 1 heterocycles. The summed E-state index contributed by atoms with van der Waals surface area (Å²) in [5.41, 5.74) is 0.920. The van der Waals surface area contributed by atoms with E-state index in [1.54, 1.807) is 9.95 Å². The van der Waals surface area contributed by atoms with E-state index in [1.165, 1.54) is 11.3 Å². The van der Waals surface area contributed by atoms with E-state index >= 15 is 0 Å². The Labute approximate surface area is 62.6 Å². The Bertz CT molecular complexity index is 263. The molecular formula is C6H9NO2S. The Kier molecular flexibility index (Phi) is 2.24. The maximum Gasteiger partial charge on any atom is 0.307 e. The van der Waals surface area contributed by atoms with Crippen molar-refractivity contribution in [3.05, 3.63) is 20.7 Å². The van der Waals surface area contributed by atoms with E-state index in [9.17, 15) is 4.79 Å². The summed E-state index contributed by atoms with van der Waals surface area (Å²) in [5, 5.41) is 10.3. The minimum atomic E-state index is 0.00606. The molecule has 0 amide bonds. The monoisotopic (exact) mass is 159 g/mol. The van der Waals surface area contributed by atoms with Gasteiger partial charge in [-0.25, -0.2) is 0 Å². The van der Waals surface area contributed by atoms with Gasteiger partial charge in [0.25, 0.3) is 0 Å². The molecule has 0 bridgehead atoms. The zero-order valence-electron chi connectivity index (χ0n) is 5.70. The number of nitrogens with zero attached hydrogens (tertiary/aromatic N) is 1. The maximum atomic E-state index is 10.9. The molecule has 4 heteroatoms. The van der Waals surface area contributed by atoms with E-state index in [-0.39, 0.29) is 11.5 Å². The summed E-state index contributed by atoms with van der Waals surface area (Å²) in [7, 11) is 0. The van der Waals surface area contributed by atoms with Gasteiger partial charge in [-0.05, 0) is 6.92 Å². The van der Waals surface area contributed by atoms with Crippen LogP contribution in [0.3, 0.4) is 0 Å². The van der Waals surface area contributed by atoms with Gasteiger partial charge in [0.15, 0.2) is 0 Å². The number of rotatable bonds is 2. The van der Waals surface area contributed by atoms with Gasteiger partial charge in [-0.3, -0.25) is 4.79 Å². The number of thiazole rings is 1. The lowest BCUT2D eigenvalue weighted by atomic mass is 10.5. The molecule has 1 rings (SSSR count). The van der Waals surface area contributed by atoms with Gasteiger partial charge in [0.2, 0.25) is 0 Å². The molecule has 0 atom stereocenters. The summed E-state index contributed by atoms with van der Waals surface area (Å²) >= 11 is 1.17. The average molecular weight is 159 g/mol. The Hall–Kier alpha value is -0.610. The van der Waals surface area contributed by atoms with Crippen LogP contribution in [0.15, 0.2) is 10.2 Å². The Morgan fingerprint density at radius 2 is 2.50 bits per heavy atom. The third kappa shape index (κ3) is 1.27. The molecule has 3 nitrogen and oxygen atoms in total. The lowest BCUT2D eigenvalue weighted by Gasteiger charge is -1.98. The van der Waals surface area contributed by atoms with Crippen molar-refractivity contribution in [3.8, 4) is 0 Å². The Morgan fingerprint density at radius 3 is 2.90 bits per heavy atom. The highest BCUT2D eigenvalue weighted by atomic mass is 32.1. The standard InChI is InChI=1S/C6H9NO2S/c1-5-4-10-6(9)7(5)2-3-8/h4,8H,2-3H2,1H3. The second kappa shape index (κ2) is 2.98. The minimum Gasteiger partial charge on any atom is -0.395 e. The van der Waals surface area contributed by atoms with Crippen LogP contribution in [0, 0.1) is 6.92 Å². The largest absolute Gasteiger partial charge is 0.395 e. The molecule has 0 aromatic carbocycles. The van der Waals surface area contributed by atoms with E-state index < -0.39 is 0 Å². The first kappa shape index (κ1) is 7.50. The molecular weight excluding hydrogens is 150 g/mol. The molecule has 0 saturated carbocycles. The molecule has 0 saturated heterocycles. The molecule has 0 spiro atoms. The third-order valence-corrected chi connectivity index (χ3v) is 2.18. The van der Waals surface area contributed by atoms with E-state index in [2.05, 4.69) is 0 Å². The van der Waals surface area contributed by atoms with Crippen molar-refractivity contribution >= 4 is 11.3 Å². The number of aliphatic hydroxyl groups excluding tert-OH is 1. The number of hydrogen-bond donors (Lipinski definition) is 1. The van der Waals surface area contributed by atoms with E-state index in [0.717, 1.165) is 5.69 Å². The fraction of sp³-hybridized carbons (Fsp3) is 0.500. The molecule has 10 heavy (non-hydrogen) atoms. The van der Waals surface area contributed by atoms with E-state index in [4.69, 9.17) is 5.11 Å². The highest BCUT2D eigenvalue weighted by Crippen LogP contribution is 1.97. The van der Waals surface area contributed by atoms with E-state index in [1.807, 2.05) is 6.92 Å². The van der Waals surface area contributed by atoms with Crippen molar-refractivity contribution in [1.82, 2.24) is 4.57 Å². The van der Waals surface area contributed by atoms with Gasteiger partial charge >= 0.3 is 4.87 Å². The molecule has 0 aliphatic carbocycles. The smallest absolute Gasteiger partial charge is 0.307 e.